The molecule has 11 rings (SSSR count). The summed E-state index contributed by atoms with van der Waals surface area (Å²) in [4.78, 5) is 10.2. The molecule has 50 heavy (non-hydrogen) atoms. The molecule has 0 unspecified atom stereocenters. The first-order valence-electron chi connectivity index (χ1n) is 17.3. The van der Waals surface area contributed by atoms with Crippen LogP contribution in [0.15, 0.2) is 152 Å². The van der Waals surface area contributed by atoms with Gasteiger partial charge >= 0.3 is 0 Å². The third-order valence-electron chi connectivity index (χ3n) is 11.2. The van der Waals surface area contributed by atoms with E-state index in [0.29, 0.717) is 0 Å². The molecule has 0 atom stereocenters. The maximum atomic E-state index is 5.22. The summed E-state index contributed by atoms with van der Waals surface area (Å²) in [6, 6.07) is 53.1. The van der Waals surface area contributed by atoms with Gasteiger partial charge in [0.25, 0.3) is 0 Å². The summed E-state index contributed by atoms with van der Waals surface area (Å²) < 4.78 is 2.39. The summed E-state index contributed by atoms with van der Waals surface area (Å²) in [6.07, 6.45) is 2.02. The first-order chi connectivity index (χ1) is 24.6. The van der Waals surface area contributed by atoms with Crippen LogP contribution in [0.5, 0.6) is 0 Å². The topological polar surface area (TPSA) is 30.7 Å². The molecule has 3 heteroatoms. The van der Waals surface area contributed by atoms with Crippen LogP contribution in [-0.2, 0) is 5.41 Å². The van der Waals surface area contributed by atoms with Gasteiger partial charge < -0.3 is 4.57 Å². The molecule has 0 radical (unpaired) electrons. The van der Waals surface area contributed by atoms with Gasteiger partial charge in [0.2, 0.25) is 0 Å². The molecule has 2 aliphatic rings. The van der Waals surface area contributed by atoms with Crippen molar-refractivity contribution in [1.82, 2.24) is 14.5 Å². The average Bonchev–Trinajstić information content (AvgIpc) is 3.76. The van der Waals surface area contributed by atoms with Crippen molar-refractivity contribution in [2.24, 2.45) is 0 Å². The van der Waals surface area contributed by atoms with Crippen molar-refractivity contribution in [2.75, 3.05) is 0 Å². The van der Waals surface area contributed by atoms with Crippen molar-refractivity contribution >= 4 is 32.6 Å². The van der Waals surface area contributed by atoms with Crippen LogP contribution < -0.4 is 0 Å². The van der Waals surface area contributed by atoms with Gasteiger partial charge in [-0.25, -0.2) is 9.97 Å². The summed E-state index contributed by atoms with van der Waals surface area (Å²) in [7, 11) is 0. The highest BCUT2D eigenvalue weighted by Crippen LogP contribution is 2.52. The van der Waals surface area contributed by atoms with E-state index in [0.717, 1.165) is 22.6 Å². The lowest BCUT2D eigenvalue weighted by atomic mass is 9.82. The highest BCUT2D eigenvalue weighted by molar-refractivity contribution is 6.16. The van der Waals surface area contributed by atoms with Crippen molar-refractivity contribution in [2.45, 2.75) is 19.3 Å². The van der Waals surface area contributed by atoms with E-state index in [9.17, 15) is 0 Å². The SMILES string of the molecule is CC1(C)c2ccc(-c3ncc4c(n3)-c3cccc5cccc-4c35)cc2-c2cc(-c3cccc4c3c3ccccc3n4-c3ccccc3)ccc21. The molecular formula is C47H31N3. The summed E-state index contributed by atoms with van der Waals surface area (Å²) in [5, 5.41) is 5.06. The summed E-state index contributed by atoms with van der Waals surface area (Å²) >= 11 is 0. The maximum Gasteiger partial charge on any atom is 0.159 e. The molecule has 0 fully saturated rings. The van der Waals surface area contributed by atoms with Crippen LogP contribution in [0, 0.1) is 0 Å². The first kappa shape index (κ1) is 27.6. The van der Waals surface area contributed by atoms with Gasteiger partial charge in [-0.15, -0.1) is 0 Å². The van der Waals surface area contributed by atoms with Crippen LogP contribution in [0.4, 0.5) is 0 Å². The highest BCUT2D eigenvalue weighted by atomic mass is 15.0. The lowest BCUT2D eigenvalue weighted by Crippen LogP contribution is -2.14. The van der Waals surface area contributed by atoms with Crippen LogP contribution in [0.1, 0.15) is 25.0 Å². The van der Waals surface area contributed by atoms with E-state index in [2.05, 4.69) is 164 Å². The van der Waals surface area contributed by atoms with Crippen LogP contribution in [0.2, 0.25) is 0 Å². The quantitative estimate of drug-likeness (QED) is 0.193. The number of hydrogen-bond acceptors (Lipinski definition) is 2. The van der Waals surface area contributed by atoms with Crippen molar-refractivity contribution in [3.8, 4) is 61.7 Å². The van der Waals surface area contributed by atoms with E-state index < -0.39 is 0 Å². The normalized spacial score (nSPS) is 13.6. The molecule has 0 aliphatic heterocycles. The number of hydrogen-bond donors (Lipinski definition) is 0. The number of para-hydroxylation sites is 2. The van der Waals surface area contributed by atoms with Crippen LogP contribution in [-0.4, -0.2) is 14.5 Å². The number of benzene rings is 7. The summed E-state index contributed by atoms with van der Waals surface area (Å²) in [6.45, 7) is 4.68. The second-order valence-corrected chi connectivity index (χ2v) is 14.2. The van der Waals surface area contributed by atoms with E-state index in [4.69, 9.17) is 9.97 Å². The van der Waals surface area contributed by atoms with Crippen LogP contribution in [0.25, 0.3) is 94.3 Å². The van der Waals surface area contributed by atoms with Gasteiger partial charge in [0.05, 0.1) is 16.7 Å². The minimum absolute atomic E-state index is 0.118. The molecule has 0 bridgehead atoms. The van der Waals surface area contributed by atoms with Crippen LogP contribution in [0.3, 0.4) is 0 Å². The summed E-state index contributed by atoms with van der Waals surface area (Å²) in [5.41, 5.74) is 16.8. The Hall–Kier alpha value is -6.32. The lowest BCUT2D eigenvalue weighted by Gasteiger charge is -2.21. The lowest BCUT2D eigenvalue weighted by molar-refractivity contribution is 0.660. The van der Waals surface area contributed by atoms with Gasteiger partial charge in [-0.2, -0.15) is 0 Å². The predicted molar refractivity (Wildman–Crippen MR) is 207 cm³/mol. The molecule has 0 saturated heterocycles. The predicted octanol–water partition coefficient (Wildman–Crippen LogP) is 12.0. The van der Waals surface area contributed by atoms with E-state index >= 15 is 0 Å². The van der Waals surface area contributed by atoms with Crippen LogP contribution >= 0.6 is 0 Å². The molecule has 234 valence electrons. The molecule has 2 aromatic heterocycles. The number of rotatable bonds is 3. The zero-order valence-corrected chi connectivity index (χ0v) is 27.8. The standard InChI is InChI=1S/C47H31N3/c1-47(2)39-23-21-29(32-16-10-20-42-44(32)34-15-6-7-19-41(34)50(42)31-13-4-3-5-14-31)25-36(39)37-26-30(22-24-40(37)47)46-48-27-38-33-17-8-11-28-12-9-18-35(43(28)33)45(38)49-46/h3-27H,1-2H3. The van der Waals surface area contributed by atoms with Crippen molar-refractivity contribution in [1.29, 1.82) is 0 Å². The largest absolute Gasteiger partial charge is 0.309 e. The Bertz CT molecular complexity index is 2890. The Kier molecular flexibility index (Phi) is 5.45. The Morgan fingerprint density at radius 2 is 1.16 bits per heavy atom. The molecule has 3 nitrogen and oxygen atoms in total. The van der Waals surface area contributed by atoms with Gasteiger partial charge in [-0.3, -0.25) is 0 Å². The fourth-order valence-electron chi connectivity index (χ4n) is 8.88. The second-order valence-electron chi connectivity index (χ2n) is 14.2. The zero-order valence-electron chi connectivity index (χ0n) is 27.8. The van der Waals surface area contributed by atoms with E-state index in [1.807, 2.05) is 6.20 Å². The Balaban J connectivity index is 1.08. The van der Waals surface area contributed by atoms with Gasteiger partial charge in [0, 0.05) is 44.8 Å². The monoisotopic (exact) mass is 637 g/mol. The van der Waals surface area contributed by atoms with Gasteiger partial charge in [0.15, 0.2) is 5.82 Å². The van der Waals surface area contributed by atoms with Gasteiger partial charge in [0.1, 0.15) is 0 Å². The number of fused-ring (bicyclic) bond motifs is 9. The number of aromatic nitrogens is 3. The minimum Gasteiger partial charge on any atom is -0.309 e. The average molecular weight is 638 g/mol. The third kappa shape index (κ3) is 3.64. The molecule has 0 saturated carbocycles. The molecule has 7 aromatic carbocycles. The number of nitrogens with zero attached hydrogens (tertiary/aromatic N) is 3. The molecule has 2 heterocycles. The molecule has 0 amide bonds. The zero-order chi connectivity index (χ0) is 33.1. The van der Waals surface area contributed by atoms with Gasteiger partial charge in [-0.05, 0) is 86.1 Å². The molecular weight excluding hydrogens is 607 g/mol. The molecule has 0 N–H and O–H groups in total. The molecule has 2 aliphatic carbocycles. The maximum absolute atomic E-state index is 5.22. The molecule has 9 aromatic rings. The Morgan fingerprint density at radius 1 is 0.500 bits per heavy atom. The second kappa shape index (κ2) is 9.87. The molecule has 0 spiro atoms. The smallest absolute Gasteiger partial charge is 0.159 e. The fourth-order valence-corrected chi connectivity index (χ4v) is 8.88. The van der Waals surface area contributed by atoms with Crippen molar-refractivity contribution < 1.29 is 0 Å². The first-order valence-corrected chi connectivity index (χ1v) is 17.3. The minimum atomic E-state index is -0.118. The van der Waals surface area contributed by atoms with Crippen molar-refractivity contribution in [3.05, 3.63) is 163 Å². The highest BCUT2D eigenvalue weighted by Gasteiger charge is 2.36. The van der Waals surface area contributed by atoms with E-state index in [-0.39, 0.29) is 5.41 Å². The van der Waals surface area contributed by atoms with E-state index in [1.165, 1.54) is 82.8 Å². The third-order valence-corrected chi connectivity index (χ3v) is 11.2. The Morgan fingerprint density at radius 3 is 1.98 bits per heavy atom. The fraction of sp³-hybridized carbons (Fsp3) is 0.0638. The van der Waals surface area contributed by atoms with E-state index in [1.54, 1.807) is 0 Å². The van der Waals surface area contributed by atoms with Crippen molar-refractivity contribution in [3.63, 3.8) is 0 Å². The Labute approximate surface area is 290 Å². The van der Waals surface area contributed by atoms with Gasteiger partial charge in [-0.1, -0.05) is 123 Å². The summed E-state index contributed by atoms with van der Waals surface area (Å²) in [5.74, 6) is 0.761.